The fourth-order valence-electron chi connectivity index (χ4n) is 1.80. The van der Waals surface area contributed by atoms with E-state index in [0.717, 1.165) is 4.47 Å². The van der Waals surface area contributed by atoms with E-state index < -0.39 is 5.91 Å². The second kappa shape index (κ2) is 9.07. The predicted octanol–water partition coefficient (Wildman–Crippen LogP) is 4.11. The van der Waals surface area contributed by atoms with Crippen molar-refractivity contribution in [2.45, 2.75) is 0 Å². The number of amides is 1. The number of hydrogen-bond acceptors (Lipinski definition) is 5. The molecule has 25 heavy (non-hydrogen) atoms. The van der Waals surface area contributed by atoms with Crippen molar-refractivity contribution in [3.8, 4) is 17.2 Å². The molecular weight excluding hydrogens is 479 g/mol. The standard InChI is InChI=1S/C16H13Br2ClN2O4/c1-24-14-6-10(17)5-12(18)16(14)25-8-15(23)21-20-7-9-4-11(19)2-3-13(9)22/h2-7,22H,8H2,1H3,(H,21,23)/b20-7-. The lowest BCUT2D eigenvalue weighted by atomic mass is 10.2. The molecule has 9 heteroatoms. The fraction of sp³-hybridized carbons (Fsp3) is 0.125. The molecule has 0 unspecified atom stereocenters. The minimum Gasteiger partial charge on any atom is -0.507 e. The summed E-state index contributed by atoms with van der Waals surface area (Å²) < 4.78 is 12.1. The van der Waals surface area contributed by atoms with Gasteiger partial charge in [0.05, 0.1) is 17.8 Å². The molecule has 2 N–H and O–H groups in total. The normalized spacial score (nSPS) is 10.7. The van der Waals surface area contributed by atoms with E-state index in [-0.39, 0.29) is 12.4 Å². The van der Waals surface area contributed by atoms with Crippen LogP contribution in [0, 0.1) is 0 Å². The van der Waals surface area contributed by atoms with Crippen LogP contribution < -0.4 is 14.9 Å². The predicted molar refractivity (Wildman–Crippen MR) is 103 cm³/mol. The van der Waals surface area contributed by atoms with Crippen molar-refractivity contribution in [3.05, 3.63) is 49.9 Å². The molecule has 0 saturated carbocycles. The minimum atomic E-state index is -0.477. The highest BCUT2D eigenvalue weighted by molar-refractivity contribution is 9.11. The largest absolute Gasteiger partial charge is 0.507 e. The molecule has 2 rings (SSSR count). The lowest BCUT2D eigenvalue weighted by molar-refractivity contribution is -0.123. The summed E-state index contributed by atoms with van der Waals surface area (Å²) in [6, 6.07) is 8.00. The van der Waals surface area contributed by atoms with Crippen LogP contribution in [0.3, 0.4) is 0 Å². The summed E-state index contributed by atoms with van der Waals surface area (Å²) in [5, 5.41) is 13.9. The van der Waals surface area contributed by atoms with Gasteiger partial charge in [-0.2, -0.15) is 5.10 Å². The molecule has 6 nitrogen and oxygen atoms in total. The number of nitrogens with one attached hydrogen (secondary N) is 1. The number of carbonyl (C=O) groups excluding carboxylic acids is 1. The van der Waals surface area contributed by atoms with Crippen molar-refractivity contribution in [3.63, 3.8) is 0 Å². The summed E-state index contributed by atoms with van der Waals surface area (Å²) in [5.74, 6) is 0.399. The highest BCUT2D eigenvalue weighted by atomic mass is 79.9. The third kappa shape index (κ3) is 5.62. The van der Waals surface area contributed by atoms with Gasteiger partial charge in [-0.15, -0.1) is 0 Å². The monoisotopic (exact) mass is 490 g/mol. The number of halogens is 3. The second-order valence-corrected chi connectivity index (χ2v) is 6.91. The molecule has 1 amide bonds. The number of aromatic hydroxyl groups is 1. The number of phenols is 1. The summed E-state index contributed by atoms with van der Waals surface area (Å²) in [4.78, 5) is 11.8. The average Bonchev–Trinajstić information content (AvgIpc) is 2.56. The molecule has 0 aromatic heterocycles. The number of methoxy groups -OCH3 is 1. The molecule has 0 atom stereocenters. The number of rotatable bonds is 6. The first-order valence-corrected chi connectivity index (χ1v) is 8.83. The molecule has 0 aliphatic heterocycles. The Labute approximate surface area is 166 Å². The van der Waals surface area contributed by atoms with E-state index in [9.17, 15) is 9.90 Å². The lowest BCUT2D eigenvalue weighted by Crippen LogP contribution is -2.24. The van der Waals surface area contributed by atoms with Gasteiger partial charge in [0.25, 0.3) is 5.91 Å². The van der Waals surface area contributed by atoms with Crippen LogP contribution in [-0.2, 0) is 4.79 Å². The third-order valence-corrected chi connectivity index (χ3v) is 4.21. The van der Waals surface area contributed by atoms with Crippen LogP contribution in [0.5, 0.6) is 17.2 Å². The third-order valence-electron chi connectivity index (χ3n) is 2.92. The smallest absolute Gasteiger partial charge is 0.277 e. The Morgan fingerprint density at radius 1 is 1.36 bits per heavy atom. The second-order valence-electron chi connectivity index (χ2n) is 4.70. The molecule has 0 aliphatic rings. The quantitative estimate of drug-likeness (QED) is 0.470. The maximum atomic E-state index is 11.8. The molecule has 132 valence electrons. The van der Waals surface area contributed by atoms with Gasteiger partial charge < -0.3 is 14.6 Å². The molecule has 2 aromatic rings. The maximum absolute atomic E-state index is 11.8. The van der Waals surface area contributed by atoms with E-state index in [2.05, 4.69) is 42.4 Å². The Bertz CT molecular complexity index is 815. The Kier molecular flexibility index (Phi) is 7.10. The van der Waals surface area contributed by atoms with Gasteiger partial charge in [0, 0.05) is 15.1 Å². The topological polar surface area (TPSA) is 80.2 Å². The van der Waals surface area contributed by atoms with Crippen molar-refractivity contribution in [2.75, 3.05) is 13.7 Å². The summed E-state index contributed by atoms with van der Waals surface area (Å²) in [6.45, 7) is -0.268. The number of nitrogens with zero attached hydrogens (tertiary/aromatic N) is 1. The Morgan fingerprint density at radius 2 is 2.12 bits per heavy atom. The van der Waals surface area contributed by atoms with E-state index in [4.69, 9.17) is 21.1 Å². The summed E-state index contributed by atoms with van der Waals surface area (Å²) in [5.41, 5.74) is 2.68. The number of benzene rings is 2. The van der Waals surface area contributed by atoms with Gasteiger partial charge in [-0.25, -0.2) is 5.43 Å². The highest BCUT2D eigenvalue weighted by Gasteiger charge is 2.12. The van der Waals surface area contributed by atoms with Crippen molar-refractivity contribution in [1.29, 1.82) is 0 Å². The van der Waals surface area contributed by atoms with Gasteiger partial charge in [-0.05, 0) is 46.3 Å². The first-order valence-electron chi connectivity index (χ1n) is 6.87. The van der Waals surface area contributed by atoms with Crippen LogP contribution in [0.1, 0.15) is 5.56 Å². The SMILES string of the molecule is COc1cc(Br)cc(Br)c1OCC(=O)N/N=C\c1cc(Cl)ccc1O. The number of carbonyl (C=O) groups is 1. The van der Waals surface area contributed by atoms with Crippen molar-refractivity contribution in [2.24, 2.45) is 5.10 Å². The van der Waals surface area contributed by atoms with E-state index >= 15 is 0 Å². The highest BCUT2D eigenvalue weighted by Crippen LogP contribution is 2.38. The number of phenolic OH excluding ortho intramolecular Hbond substituents is 1. The zero-order chi connectivity index (χ0) is 18.4. The summed E-state index contributed by atoms with van der Waals surface area (Å²) >= 11 is 12.5. The minimum absolute atomic E-state index is 0.00202. The van der Waals surface area contributed by atoms with Crippen LogP contribution in [0.2, 0.25) is 5.02 Å². The first-order chi connectivity index (χ1) is 11.9. The van der Waals surface area contributed by atoms with Crippen molar-refractivity contribution in [1.82, 2.24) is 5.43 Å². The molecule has 0 saturated heterocycles. The molecule has 0 spiro atoms. The summed E-state index contributed by atoms with van der Waals surface area (Å²) in [7, 11) is 1.50. The van der Waals surface area contributed by atoms with E-state index in [0.29, 0.717) is 26.6 Å². The van der Waals surface area contributed by atoms with Gasteiger partial charge in [-0.1, -0.05) is 27.5 Å². The fourth-order valence-corrected chi connectivity index (χ4v) is 3.28. The van der Waals surface area contributed by atoms with Crippen LogP contribution in [-0.4, -0.2) is 30.9 Å². The molecule has 0 bridgehead atoms. The van der Waals surface area contributed by atoms with Crippen LogP contribution in [0.15, 0.2) is 44.4 Å². The maximum Gasteiger partial charge on any atom is 0.277 e. The van der Waals surface area contributed by atoms with E-state index in [1.165, 1.54) is 25.5 Å². The molecule has 0 aliphatic carbocycles. The van der Waals surface area contributed by atoms with Crippen molar-refractivity contribution >= 4 is 55.6 Å². The van der Waals surface area contributed by atoms with Gasteiger partial charge in [0.15, 0.2) is 18.1 Å². The van der Waals surface area contributed by atoms with Gasteiger partial charge >= 0.3 is 0 Å². The van der Waals surface area contributed by atoms with Crippen molar-refractivity contribution < 1.29 is 19.4 Å². The number of ether oxygens (including phenoxy) is 2. The Morgan fingerprint density at radius 3 is 2.84 bits per heavy atom. The zero-order valence-electron chi connectivity index (χ0n) is 12.9. The molecule has 2 aromatic carbocycles. The first kappa shape index (κ1) is 19.6. The molecular formula is C16H13Br2ClN2O4. The number of hydrogen-bond donors (Lipinski definition) is 2. The van der Waals surface area contributed by atoms with Crippen LogP contribution >= 0.6 is 43.5 Å². The lowest BCUT2D eigenvalue weighted by Gasteiger charge is -2.12. The van der Waals surface area contributed by atoms with Gasteiger partial charge in [-0.3, -0.25) is 4.79 Å². The van der Waals surface area contributed by atoms with Crippen LogP contribution in [0.25, 0.3) is 0 Å². The summed E-state index contributed by atoms with van der Waals surface area (Å²) in [6.07, 6.45) is 1.29. The van der Waals surface area contributed by atoms with Gasteiger partial charge in [0.2, 0.25) is 0 Å². The van der Waals surface area contributed by atoms with E-state index in [1.807, 2.05) is 0 Å². The Hall–Kier alpha value is -1.77. The zero-order valence-corrected chi connectivity index (χ0v) is 16.9. The Balaban J connectivity index is 1.95. The van der Waals surface area contributed by atoms with E-state index in [1.54, 1.807) is 18.2 Å². The molecule has 0 heterocycles. The van der Waals surface area contributed by atoms with Crippen LogP contribution in [0.4, 0.5) is 0 Å². The molecule has 0 fully saturated rings. The molecule has 0 radical (unpaired) electrons. The number of hydrazone groups is 1. The van der Waals surface area contributed by atoms with Gasteiger partial charge in [0.1, 0.15) is 5.75 Å². The average molecular weight is 493 g/mol.